The van der Waals surface area contributed by atoms with Crippen LogP contribution < -0.4 is 0 Å². The van der Waals surface area contributed by atoms with Crippen LogP contribution in [0.2, 0.25) is 0 Å². The first kappa shape index (κ1) is 10.5. The first-order valence-electron chi connectivity index (χ1n) is 5.04. The fourth-order valence-electron chi connectivity index (χ4n) is 1.60. The number of nitrogens with zero attached hydrogens (tertiary/aromatic N) is 4. The van der Waals surface area contributed by atoms with Crippen molar-refractivity contribution in [2.75, 3.05) is 0 Å². The predicted octanol–water partition coefficient (Wildman–Crippen LogP) is 1.24. The van der Waals surface area contributed by atoms with E-state index in [9.17, 15) is 4.79 Å². The molecule has 1 aromatic heterocycles. The number of Topliss-reactive ketones (excluding diaryl/α,β-unsaturated/α-hetero) is 1. The minimum atomic E-state index is -0.166. The van der Waals surface area contributed by atoms with Crippen molar-refractivity contribution in [1.82, 2.24) is 20.2 Å². The molecule has 1 heterocycles. The Morgan fingerprint density at radius 2 is 2.12 bits per heavy atom. The van der Waals surface area contributed by atoms with Crippen LogP contribution in [0.1, 0.15) is 24.9 Å². The van der Waals surface area contributed by atoms with Crippen molar-refractivity contribution in [2.45, 2.75) is 19.4 Å². The Hall–Kier alpha value is -2.04. The first-order valence-corrected chi connectivity index (χ1v) is 5.04. The van der Waals surface area contributed by atoms with Crippen molar-refractivity contribution in [3.8, 4) is 0 Å². The summed E-state index contributed by atoms with van der Waals surface area (Å²) < 4.78 is 0. The maximum atomic E-state index is 11.2. The van der Waals surface area contributed by atoms with Gasteiger partial charge in [-0.3, -0.25) is 4.79 Å². The summed E-state index contributed by atoms with van der Waals surface area (Å²) in [7, 11) is 0. The van der Waals surface area contributed by atoms with Gasteiger partial charge in [-0.2, -0.15) is 4.80 Å². The van der Waals surface area contributed by atoms with Gasteiger partial charge in [0.2, 0.25) is 0 Å². The summed E-state index contributed by atoms with van der Waals surface area (Å²) in [6, 6.07) is 9.54. The van der Waals surface area contributed by atoms with Crippen molar-refractivity contribution >= 4 is 5.78 Å². The third-order valence-electron chi connectivity index (χ3n) is 2.31. The molecule has 1 aromatic carbocycles. The molecule has 0 aliphatic carbocycles. The summed E-state index contributed by atoms with van der Waals surface area (Å²) >= 11 is 0. The number of ketones is 1. The topological polar surface area (TPSA) is 60.7 Å². The zero-order valence-electron chi connectivity index (χ0n) is 8.95. The van der Waals surface area contributed by atoms with Crippen LogP contribution in [0.25, 0.3) is 0 Å². The van der Waals surface area contributed by atoms with Crippen LogP contribution in [-0.4, -0.2) is 26.0 Å². The standard InChI is InChI=1S/C11H12N4O/c1-9(16)7-11(15-13-8-12-14-15)10-5-3-2-4-6-10/h2-6,8,11H,7H2,1H3. The Morgan fingerprint density at radius 3 is 2.69 bits per heavy atom. The van der Waals surface area contributed by atoms with Gasteiger partial charge in [-0.1, -0.05) is 30.3 Å². The van der Waals surface area contributed by atoms with Crippen LogP contribution in [0, 0.1) is 0 Å². The van der Waals surface area contributed by atoms with Gasteiger partial charge < -0.3 is 0 Å². The smallest absolute Gasteiger partial charge is 0.162 e. The molecule has 0 radical (unpaired) electrons. The Bertz CT molecular complexity index is 452. The van der Waals surface area contributed by atoms with Crippen molar-refractivity contribution in [1.29, 1.82) is 0 Å². The quantitative estimate of drug-likeness (QED) is 0.771. The van der Waals surface area contributed by atoms with Gasteiger partial charge in [0, 0.05) is 6.42 Å². The molecule has 0 saturated carbocycles. The molecule has 2 aromatic rings. The summed E-state index contributed by atoms with van der Waals surface area (Å²) in [6.45, 7) is 1.56. The van der Waals surface area contributed by atoms with E-state index in [4.69, 9.17) is 0 Å². The van der Waals surface area contributed by atoms with Crippen LogP contribution in [-0.2, 0) is 4.79 Å². The summed E-state index contributed by atoms with van der Waals surface area (Å²) in [6.07, 6.45) is 1.75. The zero-order chi connectivity index (χ0) is 11.4. The number of benzene rings is 1. The molecule has 0 N–H and O–H groups in total. The molecule has 1 unspecified atom stereocenters. The second-order valence-electron chi connectivity index (χ2n) is 3.59. The summed E-state index contributed by atoms with van der Waals surface area (Å²) in [4.78, 5) is 12.7. The van der Waals surface area contributed by atoms with Crippen LogP contribution in [0.15, 0.2) is 36.7 Å². The van der Waals surface area contributed by atoms with E-state index >= 15 is 0 Å². The summed E-state index contributed by atoms with van der Waals surface area (Å²) in [5, 5.41) is 11.5. The number of rotatable bonds is 4. The van der Waals surface area contributed by atoms with Crippen LogP contribution in [0.3, 0.4) is 0 Å². The van der Waals surface area contributed by atoms with Gasteiger partial charge in [-0.15, -0.1) is 10.2 Å². The van der Waals surface area contributed by atoms with Gasteiger partial charge in [0.15, 0.2) is 6.33 Å². The fraction of sp³-hybridized carbons (Fsp3) is 0.273. The van der Waals surface area contributed by atoms with Crippen LogP contribution in [0.5, 0.6) is 0 Å². The minimum absolute atomic E-state index is 0.103. The third-order valence-corrected chi connectivity index (χ3v) is 2.31. The molecule has 5 heteroatoms. The highest BCUT2D eigenvalue weighted by atomic mass is 16.1. The normalized spacial score (nSPS) is 12.3. The average Bonchev–Trinajstić information content (AvgIpc) is 2.80. The maximum absolute atomic E-state index is 11.2. The molecule has 0 bridgehead atoms. The number of hydrogen-bond acceptors (Lipinski definition) is 4. The SMILES string of the molecule is CC(=O)CC(c1ccccc1)n1ncnn1. The number of aromatic nitrogens is 4. The lowest BCUT2D eigenvalue weighted by Crippen LogP contribution is -2.16. The molecule has 1 atom stereocenters. The van der Waals surface area contributed by atoms with E-state index in [1.807, 2.05) is 30.3 Å². The monoisotopic (exact) mass is 216 g/mol. The van der Waals surface area contributed by atoms with E-state index < -0.39 is 0 Å². The number of hydrogen-bond donors (Lipinski definition) is 0. The Morgan fingerprint density at radius 1 is 1.38 bits per heavy atom. The molecule has 0 amide bonds. The molecular weight excluding hydrogens is 204 g/mol. The van der Waals surface area contributed by atoms with Gasteiger partial charge in [0.25, 0.3) is 0 Å². The van der Waals surface area contributed by atoms with E-state index in [1.54, 1.807) is 6.92 Å². The van der Waals surface area contributed by atoms with Gasteiger partial charge in [0.1, 0.15) is 11.8 Å². The lowest BCUT2D eigenvalue weighted by atomic mass is 10.0. The van der Waals surface area contributed by atoms with Crippen molar-refractivity contribution in [3.63, 3.8) is 0 Å². The average molecular weight is 216 g/mol. The van der Waals surface area contributed by atoms with Crippen LogP contribution in [0.4, 0.5) is 0 Å². The molecule has 0 aliphatic rings. The Balaban J connectivity index is 2.32. The van der Waals surface area contributed by atoms with Crippen molar-refractivity contribution in [3.05, 3.63) is 42.2 Å². The van der Waals surface area contributed by atoms with Crippen molar-refractivity contribution in [2.24, 2.45) is 0 Å². The molecule has 16 heavy (non-hydrogen) atoms. The zero-order valence-corrected chi connectivity index (χ0v) is 8.95. The van der Waals surface area contributed by atoms with E-state index in [0.29, 0.717) is 6.42 Å². The van der Waals surface area contributed by atoms with Crippen molar-refractivity contribution < 1.29 is 4.79 Å². The van der Waals surface area contributed by atoms with E-state index in [1.165, 1.54) is 11.1 Å². The highest BCUT2D eigenvalue weighted by molar-refractivity contribution is 5.76. The molecule has 82 valence electrons. The first-order chi connectivity index (χ1) is 7.77. The molecule has 0 spiro atoms. The number of carbonyl (C=O) groups excluding carboxylic acids is 1. The highest BCUT2D eigenvalue weighted by Crippen LogP contribution is 2.19. The predicted molar refractivity (Wildman–Crippen MR) is 57.7 cm³/mol. The molecule has 0 fully saturated rings. The summed E-state index contributed by atoms with van der Waals surface area (Å²) in [5.74, 6) is 0.103. The molecule has 0 saturated heterocycles. The third kappa shape index (κ3) is 2.31. The molecule has 0 aliphatic heterocycles. The van der Waals surface area contributed by atoms with E-state index in [2.05, 4.69) is 15.4 Å². The van der Waals surface area contributed by atoms with E-state index in [0.717, 1.165) is 5.56 Å². The maximum Gasteiger partial charge on any atom is 0.162 e. The Kier molecular flexibility index (Phi) is 3.05. The largest absolute Gasteiger partial charge is 0.300 e. The number of tetrazole rings is 1. The van der Waals surface area contributed by atoms with Gasteiger partial charge in [-0.25, -0.2) is 0 Å². The van der Waals surface area contributed by atoms with Gasteiger partial charge in [-0.05, 0) is 17.7 Å². The second-order valence-corrected chi connectivity index (χ2v) is 3.59. The highest BCUT2D eigenvalue weighted by Gasteiger charge is 2.17. The number of carbonyl (C=O) groups is 1. The lowest BCUT2D eigenvalue weighted by molar-refractivity contribution is -0.117. The van der Waals surface area contributed by atoms with Gasteiger partial charge in [0.05, 0.1) is 0 Å². The van der Waals surface area contributed by atoms with E-state index in [-0.39, 0.29) is 11.8 Å². The van der Waals surface area contributed by atoms with Gasteiger partial charge >= 0.3 is 0 Å². The lowest BCUT2D eigenvalue weighted by Gasteiger charge is -2.13. The second kappa shape index (κ2) is 4.65. The Labute approximate surface area is 93.1 Å². The molecule has 5 nitrogen and oxygen atoms in total. The fourth-order valence-corrected chi connectivity index (χ4v) is 1.60. The minimum Gasteiger partial charge on any atom is -0.300 e. The summed E-state index contributed by atoms with van der Waals surface area (Å²) in [5.41, 5.74) is 1.01. The molecular formula is C11H12N4O. The van der Waals surface area contributed by atoms with Crippen LogP contribution >= 0.6 is 0 Å². The molecule has 2 rings (SSSR count).